The summed E-state index contributed by atoms with van der Waals surface area (Å²) in [5, 5.41) is 11.6. The molecular formula is C16H21ClO2. The van der Waals surface area contributed by atoms with Crippen LogP contribution < -0.4 is 4.74 Å². The monoisotopic (exact) mass is 280 g/mol. The summed E-state index contributed by atoms with van der Waals surface area (Å²) in [6, 6.07) is 3.94. The fourth-order valence-electron chi connectivity index (χ4n) is 3.62. The first-order valence-corrected chi connectivity index (χ1v) is 7.41. The lowest BCUT2D eigenvalue weighted by Crippen LogP contribution is -2.29. The summed E-state index contributed by atoms with van der Waals surface area (Å²) >= 11 is 6.18. The Bertz CT molecular complexity index is 510. The minimum absolute atomic E-state index is 0.233. The molecule has 0 radical (unpaired) electrons. The average molecular weight is 281 g/mol. The molecule has 1 unspecified atom stereocenters. The summed E-state index contributed by atoms with van der Waals surface area (Å²) in [5.74, 6) is 0.961. The summed E-state index contributed by atoms with van der Waals surface area (Å²) in [7, 11) is 0. The van der Waals surface area contributed by atoms with Gasteiger partial charge >= 0.3 is 0 Å². The lowest BCUT2D eigenvalue weighted by atomic mass is 9.86. The minimum atomic E-state index is -0.603. The van der Waals surface area contributed by atoms with Gasteiger partial charge in [-0.3, -0.25) is 0 Å². The smallest absolute Gasteiger partial charge is 0.126 e. The molecule has 1 saturated carbocycles. The Labute approximate surface area is 119 Å². The maximum absolute atomic E-state index is 10.8. The van der Waals surface area contributed by atoms with Crippen LogP contribution >= 0.6 is 11.6 Å². The molecule has 2 nitrogen and oxygen atoms in total. The van der Waals surface area contributed by atoms with Crippen LogP contribution in [0.5, 0.6) is 5.75 Å². The third-order valence-corrected chi connectivity index (χ3v) is 4.64. The van der Waals surface area contributed by atoms with Gasteiger partial charge in [0, 0.05) is 17.9 Å². The van der Waals surface area contributed by atoms with Gasteiger partial charge in [-0.25, -0.2) is 0 Å². The lowest BCUT2D eigenvalue weighted by molar-refractivity contribution is 0.0373. The maximum Gasteiger partial charge on any atom is 0.126 e. The van der Waals surface area contributed by atoms with Gasteiger partial charge in [0.1, 0.15) is 5.75 Å². The van der Waals surface area contributed by atoms with Crippen LogP contribution in [0, 0.1) is 5.41 Å². The van der Waals surface area contributed by atoms with Crippen molar-refractivity contribution < 1.29 is 9.84 Å². The maximum atomic E-state index is 10.8. The predicted molar refractivity (Wildman–Crippen MR) is 76.9 cm³/mol. The van der Waals surface area contributed by atoms with E-state index < -0.39 is 5.60 Å². The molecule has 0 aromatic heterocycles. The molecule has 19 heavy (non-hydrogen) atoms. The van der Waals surface area contributed by atoms with Crippen LogP contribution in [0.3, 0.4) is 0 Å². The van der Waals surface area contributed by atoms with Gasteiger partial charge in [0.05, 0.1) is 12.2 Å². The van der Waals surface area contributed by atoms with Crippen LogP contribution in [0.2, 0.25) is 5.02 Å². The Hall–Kier alpha value is -0.730. The third-order valence-electron chi connectivity index (χ3n) is 4.42. The molecule has 1 aromatic carbocycles. The van der Waals surface area contributed by atoms with Gasteiger partial charge in [0.25, 0.3) is 0 Å². The number of aliphatic hydroxyl groups is 1. The quantitative estimate of drug-likeness (QED) is 0.894. The van der Waals surface area contributed by atoms with Gasteiger partial charge in [-0.1, -0.05) is 25.4 Å². The van der Waals surface area contributed by atoms with Crippen molar-refractivity contribution in [2.75, 3.05) is 6.61 Å². The second-order valence-corrected chi connectivity index (χ2v) is 7.33. The van der Waals surface area contributed by atoms with Crippen LogP contribution in [0.25, 0.3) is 0 Å². The molecule has 2 aliphatic rings. The van der Waals surface area contributed by atoms with Crippen molar-refractivity contribution in [3.63, 3.8) is 0 Å². The highest BCUT2D eigenvalue weighted by atomic mass is 35.5. The summed E-state index contributed by atoms with van der Waals surface area (Å²) in [6.07, 6.45) is 4.36. The topological polar surface area (TPSA) is 29.5 Å². The van der Waals surface area contributed by atoms with Gasteiger partial charge in [-0.2, -0.15) is 0 Å². The van der Waals surface area contributed by atoms with Crippen LogP contribution in [0.1, 0.15) is 44.2 Å². The third kappa shape index (κ3) is 2.61. The fourth-order valence-corrected chi connectivity index (χ4v) is 3.88. The first-order chi connectivity index (χ1) is 8.87. The zero-order chi connectivity index (χ0) is 13.7. The molecule has 1 aliphatic heterocycles. The zero-order valence-electron chi connectivity index (χ0n) is 11.6. The zero-order valence-corrected chi connectivity index (χ0v) is 12.4. The molecule has 0 spiro atoms. The summed E-state index contributed by atoms with van der Waals surface area (Å²) < 4.78 is 5.72. The number of hydrogen-bond donors (Lipinski definition) is 1. The van der Waals surface area contributed by atoms with Crippen molar-refractivity contribution in [3.05, 3.63) is 28.3 Å². The highest BCUT2D eigenvalue weighted by molar-refractivity contribution is 6.30. The van der Waals surface area contributed by atoms with Gasteiger partial charge in [0.2, 0.25) is 0 Å². The Morgan fingerprint density at radius 2 is 2.11 bits per heavy atom. The molecule has 1 aliphatic carbocycles. The van der Waals surface area contributed by atoms with Crippen molar-refractivity contribution in [1.29, 1.82) is 0 Å². The van der Waals surface area contributed by atoms with E-state index in [1.807, 2.05) is 12.1 Å². The predicted octanol–water partition coefficient (Wildman–Crippen LogP) is 3.76. The molecule has 0 saturated heterocycles. The fraction of sp³-hybridized carbons (Fsp3) is 0.625. The van der Waals surface area contributed by atoms with Crippen LogP contribution in [-0.2, 0) is 12.8 Å². The van der Waals surface area contributed by atoms with E-state index >= 15 is 0 Å². The van der Waals surface area contributed by atoms with E-state index in [9.17, 15) is 5.11 Å². The second kappa shape index (κ2) is 4.39. The Morgan fingerprint density at radius 1 is 1.32 bits per heavy atom. The number of hydrogen-bond acceptors (Lipinski definition) is 2. The molecule has 0 bridgehead atoms. The van der Waals surface area contributed by atoms with Gasteiger partial charge in [-0.15, -0.1) is 0 Å². The molecule has 3 heteroatoms. The highest BCUT2D eigenvalue weighted by Crippen LogP contribution is 2.46. The molecule has 1 atom stereocenters. The number of ether oxygens (including phenoxy) is 1. The molecule has 0 amide bonds. The minimum Gasteiger partial charge on any atom is -0.493 e. The van der Waals surface area contributed by atoms with E-state index in [-0.39, 0.29) is 5.41 Å². The van der Waals surface area contributed by atoms with Crippen molar-refractivity contribution in [2.24, 2.45) is 5.41 Å². The SMILES string of the molecule is CC1(C)CCC(O)(Cc2cc(Cl)cc3c2OCC3)C1. The second-order valence-electron chi connectivity index (χ2n) is 6.89. The Morgan fingerprint density at radius 3 is 2.79 bits per heavy atom. The van der Waals surface area contributed by atoms with Crippen molar-refractivity contribution in [2.45, 2.75) is 51.6 Å². The number of rotatable bonds is 2. The first-order valence-electron chi connectivity index (χ1n) is 7.03. The van der Waals surface area contributed by atoms with Gasteiger partial charge < -0.3 is 9.84 Å². The van der Waals surface area contributed by atoms with E-state index in [0.29, 0.717) is 6.42 Å². The summed E-state index contributed by atoms with van der Waals surface area (Å²) in [5.41, 5.74) is 1.88. The summed E-state index contributed by atoms with van der Waals surface area (Å²) in [6.45, 7) is 5.18. The molecule has 1 heterocycles. The summed E-state index contributed by atoms with van der Waals surface area (Å²) in [4.78, 5) is 0. The van der Waals surface area contributed by atoms with Crippen molar-refractivity contribution in [1.82, 2.24) is 0 Å². The number of halogens is 1. The Balaban J connectivity index is 1.88. The van der Waals surface area contributed by atoms with E-state index in [0.717, 1.165) is 48.6 Å². The highest BCUT2D eigenvalue weighted by Gasteiger charge is 2.42. The lowest BCUT2D eigenvalue weighted by Gasteiger charge is -2.26. The normalized spacial score (nSPS) is 28.2. The van der Waals surface area contributed by atoms with E-state index in [2.05, 4.69) is 13.8 Å². The number of fused-ring (bicyclic) bond motifs is 1. The standard InChI is InChI=1S/C16H21ClO2/c1-15(2)4-5-16(18,10-15)9-12-8-13(17)7-11-3-6-19-14(11)12/h7-8,18H,3-6,9-10H2,1-2H3. The molecular weight excluding hydrogens is 260 g/mol. The Kier molecular flexibility index (Phi) is 3.06. The van der Waals surface area contributed by atoms with E-state index in [1.54, 1.807) is 0 Å². The average Bonchev–Trinajstić information content (AvgIpc) is 2.83. The molecule has 1 N–H and O–H groups in total. The van der Waals surface area contributed by atoms with Crippen molar-refractivity contribution in [3.8, 4) is 5.75 Å². The van der Waals surface area contributed by atoms with E-state index in [1.165, 1.54) is 5.56 Å². The number of benzene rings is 1. The van der Waals surface area contributed by atoms with Crippen molar-refractivity contribution >= 4 is 11.6 Å². The van der Waals surface area contributed by atoms with Crippen LogP contribution in [-0.4, -0.2) is 17.3 Å². The largest absolute Gasteiger partial charge is 0.493 e. The molecule has 1 aromatic rings. The first kappa shape index (κ1) is 13.3. The van der Waals surface area contributed by atoms with Crippen LogP contribution in [0.15, 0.2) is 12.1 Å². The molecule has 1 fully saturated rings. The molecule has 3 rings (SSSR count). The van der Waals surface area contributed by atoms with Gasteiger partial charge in [-0.05, 0) is 47.9 Å². The van der Waals surface area contributed by atoms with Gasteiger partial charge in [0.15, 0.2) is 0 Å². The van der Waals surface area contributed by atoms with E-state index in [4.69, 9.17) is 16.3 Å². The molecule has 104 valence electrons. The van der Waals surface area contributed by atoms with Crippen LogP contribution in [0.4, 0.5) is 0 Å².